The summed E-state index contributed by atoms with van der Waals surface area (Å²) in [6.45, 7) is 2.14. The van der Waals surface area contributed by atoms with Gasteiger partial charge in [0.2, 0.25) is 0 Å². The Morgan fingerprint density at radius 3 is 2.77 bits per heavy atom. The zero-order valence-corrected chi connectivity index (χ0v) is 12.8. The van der Waals surface area contributed by atoms with Crippen molar-refractivity contribution in [2.75, 3.05) is 0 Å². The number of aliphatic hydroxyl groups excluding tert-OH is 1. The van der Waals surface area contributed by atoms with Crippen LogP contribution in [0.4, 0.5) is 0 Å². The highest BCUT2D eigenvalue weighted by molar-refractivity contribution is 5.90. The Labute approximate surface area is 130 Å². The molecule has 0 aliphatic carbocycles. The normalized spacial score (nSPS) is 12.8. The Balaban J connectivity index is 2.32. The van der Waals surface area contributed by atoms with Gasteiger partial charge in [0.05, 0.1) is 6.10 Å². The average Bonchev–Trinajstić information content (AvgIpc) is 2.52. The maximum absolute atomic E-state index is 10.6. The van der Waals surface area contributed by atoms with Gasteiger partial charge in [0.15, 0.2) is 0 Å². The number of carboxylic acid groups (broad SMARTS) is 1. The highest BCUT2D eigenvalue weighted by atomic mass is 16.4. The molecule has 0 fully saturated rings. The van der Waals surface area contributed by atoms with Crippen LogP contribution in [0.1, 0.15) is 49.8 Å². The van der Waals surface area contributed by atoms with Crippen molar-refractivity contribution in [3.63, 3.8) is 0 Å². The van der Waals surface area contributed by atoms with E-state index in [-0.39, 0.29) is 0 Å². The number of hydrogen-bond donors (Lipinski definition) is 2. The van der Waals surface area contributed by atoms with E-state index < -0.39 is 12.1 Å². The molecule has 22 heavy (non-hydrogen) atoms. The van der Waals surface area contributed by atoms with E-state index in [2.05, 4.69) is 6.92 Å². The molecular weight excluding hydrogens is 276 g/mol. The lowest BCUT2D eigenvalue weighted by Crippen LogP contribution is -1.98. The zero-order chi connectivity index (χ0) is 15.9. The first kappa shape index (κ1) is 16.2. The number of aliphatic hydroxyl groups is 1. The van der Waals surface area contributed by atoms with Crippen LogP contribution in [0, 0.1) is 0 Å². The molecule has 3 heteroatoms. The quantitative estimate of drug-likeness (QED) is 0.582. The van der Waals surface area contributed by atoms with Crippen molar-refractivity contribution in [1.29, 1.82) is 0 Å². The summed E-state index contributed by atoms with van der Waals surface area (Å²) < 4.78 is 0. The Hall–Kier alpha value is -2.13. The molecule has 0 saturated carbocycles. The molecule has 2 aromatic carbocycles. The zero-order valence-electron chi connectivity index (χ0n) is 12.8. The number of fused-ring (bicyclic) bond motifs is 1. The summed E-state index contributed by atoms with van der Waals surface area (Å²) in [4.78, 5) is 10.6. The molecule has 2 aromatic rings. The molecule has 2 rings (SSSR count). The highest BCUT2D eigenvalue weighted by Crippen LogP contribution is 2.28. The van der Waals surface area contributed by atoms with Crippen molar-refractivity contribution in [3.05, 3.63) is 53.6 Å². The lowest BCUT2D eigenvalue weighted by Gasteiger charge is -2.14. The minimum Gasteiger partial charge on any atom is -0.478 e. The van der Waals surface area contributed by atoms with Crippen LogP contribution in [-0.2, 0) is 4.79 Å². The lowest BCUT2D eigenvalue weighted by molar-refractivity contribution is -0.131. The van der Waals surface area contributed by atoms with E-state index in [9.17, 15) is 9.90 Å². The molecule has 0 heterocycles. The number of carboxylic acids is 1. The summed E-state index contributed by atoms with van der Waals surface area (Å²) in [6, 6.07) is 11.7. The molecule has 0 spiro atoms. The van der Waals surface area contributed by atoms with Crippen molar-refractivity contribution in [3.8, 4) is 0 Å². The van der Waals surface area contributed by atoms with Crippen LogP contribution in [0.15, 0.2) is 42.5 Å². The molecule has 0 aliphatic heterocycles. The van der Waals surface area contributed by atoms with Crippen LogP contribution in [0.2, 0.25) is 0 Å². The first-order valence-corrected chi connectivity index (χ1v) is 7.73. The van der Waals surface area contributed by atoms with Crippen LogP contribution in [0.25, 0.3) is 16.8 Å². The Bertz CT molecular complexity index is 673. The van der Waals surface area contributed by atoms with Gasteiger partial charge in [-0.15, -0.1) is 0 Å². The average molecular weight is 298 g/mol. The smallest absolute Gasteiger partial charge is 0.328 e. The molecule has 2 N–H and O–H groups in total. The molecular formula is C19H22O3. The van der Waals surface area contributed by atoms with Crippen LogP contribution >= 0.6 is 0 Å². The van der Waals surface area contributed by atoms with Crippen molar-refractivity contribution < 1.29 is 15.0 Å². The van der Waals surface area contributed by atoms with Gasteiger partial charge in [-0.3, -0.25) is 0 Å². The number of carbonyl (C=O) groups is 1. The topological polar surface area (TPSA) is 57.5 Å². The summed E-state index contributed by atoms with van der Waals surface area (Å²) in [5.74, 6) is -0.965. The third kappa shape index (κ3) is 4.18. The monoisotopic (exact) mass is 298 g/mol. The van der Waals surface area contributed by atoms with Gasteiger partial charge in [0.25, 0.3) is 0 Å². The molecule has 0 saturated heterocycles. The number of rotatable bonds is 7. The van der Waals surface area contributed by atoms with Gasteiger partial charge in [-0.25, -0.2) is 4.79 Å². The summed E-state index contributed by atoms with van der Waals surface area (Å²) in [5, 5.41) is 21.2. The Kier molecular flexibility index (Phi) is 5.73. The van der Waals surface area contributed by atoms with Crippen molar-refractivity contribution in [1.82, 2.24) is 0 Å². The fraction of sp³-hybridized carbons (Fsp3) is 0.316. The van der Waals surface area contributed by atoms with E-state index in [0.29, 0.717) is 0 Å². The van der Waals surface area contributed by atoms with E-state index in [0.717, 1.165) is 53.7 Å². The van der Waals surface area contributed by atoms with Crippen molar-refractivity contribution in [2.24, 2.45) is 0 Å². The molecule has 0 amide bonds. The Morgan fingerprint density at radius 1 is 1.23 bits per heavy atom. The largest absolute Gasteiger partial charge is 0.478 e. The summed E-state index contributed by atoms with van der Waals surface area (Å²) in [5.41, 5.74) is 1.74. The standard InChI is InChI=1S/C19H22O3/c1-2-3-4-8-18(20)16-7-5-6-15-11-9-14(13-17(15)16)10-12-19(21)22/h5-7,9-13,18,20H,2-4,8H2,1H3,(H,21,22)/b12-10+. The second-order valence-electron chi connectivity index (χ2n) is 5.51. The summed E-state index contributed by atoms with van der Waals surface area (Å²) >= 11 is 0. The molecule has 1 unspecified atom stereocenters. The van der Waals surface area contributed by atoms with Gasteiger partial charge in [0, 0.05) is 6.08 Å². The summed E-state index contributed by atoms with van der Waals surface area (Å²) in [7, 11) is 0. The van der Waals surface area contributed by atoms with Crippen molar-refractivity contribution >= 4 is 22.8 Å². The molecule has 0 aromatic heterocycles. The molecule has 3 nitrogen and oxygen atoms in total. The van der Waals surface area contributed by atoms with E-state index in [1.165, 1.54) is 0 Å². The number of unbranched alkanes of at least 4 members (excludes halogenated alkanes) is 2. The van der Waals surface area contributed by atoms with Gasteiger partial charge in [-0.1, -0.05) is 56.5 Å². The van der Waals surface area contributed by atoms with E-state index >= 15 is 0 Å². The lowest BCUT2D eigenvalue weighted by atomic mass is 9.95. The van der Waals surface area contributed by atoms with Crippen LogP contribution < -0.4 is 0 Å². The number of hydrogen-bond acceptors (Lipinski definition) is 2. The third-order valence-electron chi connectivity index (χ3n) is 3.80. The van der Waals surface area contributed by atoms with Crippen LogP contribution in [0.5, 0.6) is 0 Å². The maximum Gasteiger partial charge on any atom is 0.328 e. The predicted octanol–water partition coefficient (Wildman–Crippen LogP) is 4.55. The fourth-order valence-electron chi connectivity index (χ4n) is 2.62. The summed E-state index contributed by atoms with van der Waals surface area (Å²) in [6.07, 6.45) is 6.23. The second kappa shape index (κ2) is 7.76. The van der Waals surface area contributed by atoms with E-state index in [1.54, 1.807) is 6.08 Å². The number of benzene rings is 2. The molecule has 0 radical (unpaired) electrons. The minimum absolute atomic E-state index is 0.478. The maximum atomic E-state index is 10.6. The minimum atomic E-state index is -0.965. The van der Waals surface area contributed by atoms with E-state index in [4.69, 9.17) is 5.11 Å². The molecule has 116 valence electrons. The van der Waals surface area contributed by atoms with Gasteiger partial charge in [-0.05, 0) is 40.5 Å². The van der Waals surface area contributed by atoms with Crippen molar-refractivity contribution in [2.45, 2.75) is 38.7 Å². The molecule has 0 aliphatic rings. The van der Waals surface area contributed by atoms with Gasteiger partial charge in [0.1, 0.15) is 0 Å². The molecule has 1 atom stereocenters. The van der Waals surface area contributed by atoms with E-state index in [1.807, 2.05) is 36.4 Å². The fourth-order valence-corrected chi connectivity index (χ4v) is 2.62. The van der Waals surface area contributed by atoms with Crippen LogP contribution in [-0.4, -0.2) is 16.2 Å². The SMILES string of the molecule is CCCCCC(O)c1cccc2ccc(/C=C/C(=O)O)cc12. The van der Waals surface area contributed by atoms with Gasteiger partial charge >= 0.3 is 5.97 Å². The van der Waals surface area contributed by atoms with Gasteiger partial charge < -0.3 is 10.2 Å². The van der Waals surface area contributed by atoms with Gasteiger partial charge in [-0.2, -0.15) is 0 Å². The van der Waals surface area contributed by atoms with Crippen LogP contribution in [0.3, 0.4) is 0 Å². The predicted molar refractivity (Wildman–Crippen MR) is 89.7 cm³/mol. The molecule has 0 bridgehead atoms. The third-order valence-corrected chi connectivity index (χ3v) is 3.80. The first-order chi connectivity index (χ1) is 10.6. The number of aliphatic carboxylic acids is 1. The highest BCUT2D eigenvalue weighted by Gasteiger charge is 2.11. The second-order valence-corrected chi connectivity index (χ2v) is 5.51. The Morgan fingerprint density at radius 2 is 2.05 bits per heavy atom. The first-order valence-electron chi connectivity index (χ1n) is 7.73.